The molecule has 0 spiro atoms. The number of rotatable bonds is 6. The zero-order valence-corrected chi connectivity index (χ0v) is 19.0. The molecule has 2 aromatic carbocycles. The van der Waals surface area contributed by atoms with E-state index < -0.39 is 0 Å². The highest BCUT2D eigenvalue weighted by Crippen LogP contribution is 2.30. The number of aromatic nitrogens is 3. The highest BCUT2D eigenvalue weighted by Gasteiger charge is 2.25. The molecular formula is C22H24ClN5O2S. The number of morpholine rings is 1. The Morgan fingerprint density at radius 2 is 1.94 bits per heavy atom. The van der Waals surface area contributed by atoms with Crippen LogP contribution in [0.15, 0.2) is 53.7 Å². The Kier molecular flexibility index (Phi) is 6.80. The first-order valence-corrected chi connectivity index (χ1v) is 11.4. The number of benzene rings is 2. The Labute approximate surface area is 190 Å². The van der Waals surface area contributed by atoms with Gasteiger partial charge in [-0.25, -0.2) is 0 Å². The summed E-state index contributed by atoms with van der Waals surface area (Å²) in [5, 5.41) is 12.7. The van der Waals surface area contributed by atoms with Gasteiger partial charge < -0.3 is 15.0 Å². The van der Waals surface area contributed by atoms with Crippen molar-refractivity contribution in [1.82, 2.24) is 14.8 Å². The quantitative estimate of drug-likeness (QED) is 0.560. The van der Waals surface area contributed by atoms with Crippen LogP contribution in [0.2, 0.25) is 5.02 Å². The molecule has 31 heavy (non-hydrogen) atoms. The minimum atomic E-state index is -0.385. The van der Waals surface area contributed by atoms with E-state index in [4.69, 9.17) is 16.3 Å². The monoisotopic (exact) mass is 457 g/mol. The minimum Gasteiger partial charge on any atom is -0.378 e. The second kappa shape index (κ2) is 9.72. The fourth-order valence-corrected chi connectivity index (χ4v) is 4.37. The standard InChI is InChI=1S/C22H24ClN5O2S/c1-15-5-3-8-19(13-15)28-21(27-9-11-30-12-10-27)25-26-22(28)31-16(2)20(29)24-18-7-4-6-17(23)14-18/h3-8,13-14,16H,9-12H2,1-2H3,(H,24,29). The molecule has 1 saturated heterocycles. The zero-order valence-electron chi connectivity index (χ0n) is 17.4. The number of thioether (sulfide) groups is 1. The normalized spacial score (nSPS) is 15.0. The molecule has 1 unspecified atom stereocenters. The van der Waals surface area contributed by atoms with Crippen LogP contribution in [-0.2, 0) is 9.53 Å². The van der Waals surface area contributed by atoms with E-state index in [0.717, 1.165) is 30.3 Å². The summed E-state index contributed by atoms with van der Waals surface area (Å²) in [7, 11) is 0. The second-order valence-electron chi connectivity index (χ2n) is 7.32. The number of nitrogens with one attached hydrogen (secondary N) is 1. The van der Waals surface area contributed by atoms with Gasteiger partial charge in [-0.05, 0) is 49.7 Å². The molecule has 1 aliphatic heterocycles. The fraction of sp³-hybridized carbons (Fsp3) is 0.318. The van der Waals surface area contributed by atoms with E-state index >= 15 is 0 Å². The molecule has 3 aromatic rings. The van der Waals surface area contributed by atoms with E-state index in [0.29, 0.717) is 29.1 Å². The zero-order chi connectivity index (χ0) is 21.8. The van der Waals surface area contributed by atoms with Crippen molar-refractivity contribution in [2.75, 3.05) is 36.5 Å². The van der Waals surface area contributed by atoms with Crippen molar-refractivity contribution in [2.24, 2.45) is 0 Å². The van der Waals surface area contributed by atoms with Crippen molar-refractivity contribution in [3.63, 3.8) is 0 Å². The first kappa shape index (κ1) is 21.7. The number of nitrogens with zero attached hydrogens (tertiary/aromatic N) is 4. The first-order chi connectivity index (χ1) is 15.0. The average molecular weight is 458 g/mol. The summed E-state index contributed by atoms with van der Waals surface area (Å²) in [6.45, 7) is 6.71. The largest absolute Gasteiger partial charge is 0.378 e. The molecule has 1 atom stereocenters. The number of halogens is 1. The topological polar surface area (TPSA) is 72.3 Å². The molecule has 2 heterocycles. The molecule has 4 rings (SSSR count). The molecule has 0 radical (unpaired) electrons. The number of carbonyl (C=O) groups is 1. The Bertz CT molecular complexity index is 1070. The molecule has 0 bridgehead atoms. The van der Waals surface area contributed by atoms with Crippen LogP contribution in [0, 0.1) is 6.92 Å². The molecule has 1 amide bonds. The van der Waals surface area contributed by atoms with Crippen molar-refractivity contribution >= 4 is 40.9 Å². The summed E-state index contributed by atoms with van der Waals surface area (Å²) < 4.78 is 7.51. The fourth-order valence-electron chi connectivity index (χ4n) is 3.32. The number of carbonyl (C=O) groups excluding carboxylic acids is 1. The van der Waals surface area contributed by atoms with Crippen LogP contribution in [0.1, 0.15) is 12.5 Å². The number of hydrogen-bond acceptors (Lipinski definition) is 6. The summed E-state index contributed by atoms with van der Waals surface area (Å²) in [5.74, 6) is 0.637. The Morgan fingerprint density at radius 3 is 2.68 bits per heavy atom. The highest BCUT2D eigenvalue weighted by atomic mass is 35.5. The Morgan fingerprint density at radius 1 is 1.16 bits per heavy atom. The summed E-state index contributed by atoms with van der Waals surface area (Å²) in [5.41, 5.74) is 2.78. The molecule has 7 nitrogen and oxygen atoms in total. The lowest BCUT2D eigenvalue weighted by Gasteiger charge is -2.28. The number of ether oxygens (including phenoxy) is 1. The third-order valence-corrected chi connectivity index (χ3v) is 6.19. The number of aryl methyl sites for hydroxylation is 1. The molecule has 1 aliphatic rings. The van der Waals surface area contributed by atoms with Gasteiger partial charge in [0, 0.05) is 23.8 Å². The van der Waals surface area contributed by atoms with Crippen LogP contribution in [0.5, 0.6) is 0 Å². The van der Waals surface area contributed by atoms with Crippen LogP contribution >= 0.6 is 23.4 Å². The lowest BCUT2D eigenvalue weighted by molar-refractivity contribution is -0.115. The van der Waals surface area contributed by atoms with E-state index in [9.17, 15) is 4.79 Å². The molecule has 162 valence electrons. The predicted molar refractivity (Wildman–Crippen MR) is 125 cm³/mol. The van der Waals surface area contributed by atoms with Gasteiger partial charge in [0.05, 0.1) is 24.2 Å². The van der Waals surface area contributed by atoms with Gasteiger partial charge in [0.15, 0.2) is 5.16 Å². The number of hydrogen-bond donors (Lipinski definition) is 1. The van der Waals surface area contributed by atoms with E-state index in [2.05, 4.69) is 39.5 Å². The van der Waals surface area contributed by atoms with Gasteiger partial charge in [-0.1, -0.05) is 41.6 Å². The summed E-state index contributed by atoms with van der Waals surface area (Å²) in [6, 6.07) is 15.3. The van der Waals surface area contributed by atoms with Crippen LogP contribution in [-0.4, -0.2) is 52.2 Å². The van der Waals surface area contributed by atoms with Crippen molar-refractivity contribution in [2.45, 2.75) is 24.3 Å². The van der Waals surface area contributed by atoms with Gasteiger partial charge in [-0.15, -0.1) is 10.2 Å². The highest BCUT2D eigenvalue weighted by molar-refractivity contribution is 8.00. The second-order valence-corrected chi connectivity index (χ2v) is 9.06. The molecule has 1 aromatic heterocycles. The van der Waals surface area contributed by atoms with Crippen molar-refractivity contribution in [3.05, 3.63) is 59.1 Å². The average Bonchev–Trinajstić information content (AvgIpc) is 3.18. The predicted octanol–water partition coefficient (Wildman–Crippen LogP) is 4.19. The molecule has 1 N–H and O–H groups in total. The maximum absolute atomic E-state index is 12.8. The van der Waals surface area contributed by atoms with Gasteiger partial charge in [-0.3, -0.25) is 9.36 Å². The van der Waals surface area contributed by atoms with Crippen LogP contribution in [0.3, 0.4) is 0 Å². The number of amides is 1. The lowest BCUT2D eigenvalue weighted by Crippen LogP contribution is -2.38. The minimum absolute atomic E-state index is 0.126. The van der Waals surface area contributed by atoms with Crippen LogP contribution in [0.25, 0.3) is 5.69 Å². The number of anilines is 2. The SMILES string of the molecule is Cc1cccc(-n2c(SC(C)C(=O)Nc3cccc(Cl)c3)nnc2N2CCOCC2)c1. The maximum Gasteiger partial charge on any atom is 0.237 e. The molecular weight excluding hydrogens is 434 g/mol. The summed E-state index contributed by atoms with van der Waals surface area (Å²) in [6.07, 6.45) is 0. The van der Waals surface area contributed by atoms with Crippen molar-refractivity contribution in [1.29, 1.82) is 0 Å². The van der Waals surface area contributed by atoms with Gasteiger partial charge in [-0.2, -0.15) is 0 Å². The van der Waals surface area contributed by atoms with E-state index in [1.807, 2.05) is 29.7 Å². The van der Waals surface area contributed by atoms with Gasteiger partial charge >= 0.3 is 0 Å². The van der Waals surface area contributed by atoms with E-state index in [1.165, 1.54) is 11.8 Å². The van der Waals surface area contributed by atoms with Gasteiger partial charge in [0.1, 0.15) is 0 Å². The third-order valence-electron chi connectivity index (χ3n) is 4.91. The van der Waals surface area contributed by atoms with E-state index in [1.54, 1.807) is 18.2 Å². The smallest absolute Gasteiger partial charge is 0.237 e. The van der Waals surface area contributed by atoms with Gasteiger partial charge in [0.25, 0.3) is 0 Å². The summed E-state index contributed by atoms with van der Waals surface area (Å²) >= 11 is 7.40. The maximum atomic E-state index is 12.8. The van der Waals surface area contributed by atoms with Gasteiger partial charge in [0.2, 0.25) is 11.9 Å². The summed E-state index contributed by atoms with van der Waals surface area (Å²) in [4.78, 5) is 14.9. The lowest BCUT2D eigenvalue weighted by atomic mass is 10.2. The van der Waals surface area contributed by atoms with Crippen molar-refractivity contribution < 1.29 is 9.53 Å². The molecule has 1 fully saturated rings. The first-order valence-electron chi connectivity index (χ1n) is 10.1. The van der Waals surface area contributed by atoms with E-state index in [-0.39, 0.29) is 11.2 Å². The Hall–Kier alpha value is -2.55. The van der Waals surface area contributed by atoms with Crippen molar-refractivity contribution in [3.8, 4) is 5.69 Å². The third kappa shape index (κ3) is 5.20. The molecule has 9 heteroatoms. The van der Waals surface area contributed by atoms with Crippen LogP contribution in [0.4, 0.5) is 11.6 Å². The van der Waals surface area contributed by atoms with Crippen LogP contribution < -0.4 is 10.2 Å². The Balaban J connectivity index is 1.60. The molecule has 0 saturated carbocycles. The molecule has 0 aliphatic carbocycles.